The van der Waals surface area contributed by atoms with E-state index in [1.165, 1.54) is 4.90 Å². The highest BCUT2D eigenvalue weighted by Gasteiger charge is 2.28. The van der Waals surface area contributed by atoms with Crippen LogP contribution in [-0.4, -0.2) is 29.9 Å². The summed E-state index contributed by atoms with van der Waals surface area (Å²) in [4.78, 5) is 31.2. The van der Waals surface area contributed by atoms with Crippen molar-refractivity contribution in [3.63, 3.8) is 0 Å². The van der Waals surface area contributed by atoms with E-state index in [1.54, 1.807) is 35.6 Å². The normalized spacial score (nSPS) is 13.0. The molecule has 0 saturated heterocycles. The number of nitrogens with one attached hydrogen (secondary N) is 1. The number of nitrogens with zero attached hydrogens (tertiary/aromatic N) is 2. The third-order valence-electron chi connectivity index (χ3n) is 4.62. The fraction of sp³-hybridized carbons (Fsp3) is 0.227. The quantitative estimate of drug-likeness (QED) is 0.597. The van der Waals surface area contributed by atoms with Crippen molar-refractivity contribution in [3.05, 3.63) is 57.9 Å². The lowest BCUT2D eigenvalue weighted by Crippen LogP contribution is -2.43. The van der Waals surface area contributed by atoms with Crippen molar-refractivity contribution in [2.45, 2.75) is 19.8 Å². The van der Waals surface area contributed by atoms with E-state index in [9.17, 15) is 9.59 Å². The highest BCUT2D eigenvalue weighted by Crippen LogP contribution is 2.36. The Morgan fingerprint density at radius 1 is 1.30 bits per heavy atom. The summed E-state index contributed by atoms with van der Waals surface area (Å²) in [5, 5.41) is 6.39. The van der Waals surface area contributed by atoms with Crippen molar-refractivity contribution in [1.29, 1.82) is 0 Å². The van der Waals surface area contributed by atoms with Crippen LogP contribution in [0.5, 0.6) is 5.75 Å². The maximum Gasteiger partial charge on any atom is 0.265 e. The molecule has 0 saturated carbocycles. The zero-order valence-electron chi connectivity index (χ0n) is 16.4. The second-order valence-corrected chi connectivity index (χ2v) is 8.27. The van der Waals surface area contributed by atoms with Crippen LogP contribution in [0.15, 0.2) is 47.8 Å². The molecule has 0 aliphatic carbocycles. The molecule has 2 heterocycles. The molecule has 2 aromatic carbocycles. The van der Waals surface area contributed by atoms with Gasteiger partial charge < -0.3 is 10.1 Å². The summed E-state index contributed by atoms with van der Waals surface area (Å²) in [7, 11) is 0. The average Bonchev–Trinajstić information content (AvgIpc) is 3.19. The van der Waals surface area contributed by atoms with Gasteiger partial charge in [-0.05, 0) is 49.2 Å². The van der Waals surface area contributed by atoms with Crippen molar-refractivity contribution in [3.8, 4) is 17.0 Å². The molecule has 0 spiro atoms. The number of carbonyl (C=O) groups is 2. The van der Waals surface area contributed by atoms with Crippen LogP contribution in [0.4, 0.5) is 11.4 Å². The maximum atomic E-state index is 12.6. The summed E-state index contributed by atoms with van der Waals surface area (Å²) in [5.41, 5.74) is 2.88. The van der Waals surface area contributed by atoms with Gasteiger partial charge in [0, 0.05) is 21.7 Å². The summed E-state index contributed by atoms with van der Waals surface area (Å²) >= 11 is 7.59. The fourth-order valence-electron chi connectivity index (χ4n) is 3.22. The lowest BCUT2D eigenvalue weighted by atomic mass is 10.1. The standard InChI is InChI=1S/C22H20ClN3O3S/c1-2-4-21-25-17(13-30-21)14-7-8-19-18(9-14)26(22(28)12-29-19)11-20(27)24-16-6-3-5-15(23)10-16/h3,5-10,13H,2,4,11-12H2,1H3,(H,24,27). The number of benzene rings is 2. The van der Waals surface area contributed by atoms with Gasteiger partial charge in [-0.3, -0.25) is 14.5 Å². The van der Waals surface area contributed by atoms with Gasteiger partial charge in [0.05, 0.1) is 16.4 Å². The number of aryl methyl sites for hydroxylation is 1. The van der Waals surface area contributed by atoms with E-state index >= 15 is 0 Å². The molecule has 8 heteroatoms. The van der Waals surface area contributed by atoms with Crippen LogP contribution < -0.4 is 15.0 Å². The van der Waals surface area contributed by atoms with Gasteiger partial charge in [-0.25, -0.2) is 4.98 Å². The van der Waals surface area contributed by atoms with Crippen molar-refractivity contribution >= 4 is 46.1 Å². The van der Waals surface area contributed by atoms with Crippen LogP contribution in [0, 0.1) is 0 Å². The molecular weight excluding hydrogens is 422 g/mol. The van der Waals surface area contributed by atoms with E-state index in [0.29, 0.717) is 22.1 Å². The number of thiazole rings is 1. The number of ether oxygens (including phenoxy) is 1. The minimum Gasteiger partial charge on any atom is -0.482 e. The topological polar surface area (TPSA) is 71.5 Å². The molecule has 0 bridgehead atoms. The van der Waals surface area contributed by atoms with Gasteiger partial charge in [-0.2, -0.15) is 0 Å². The summed E-state index contributed by atoms with van der Waals surface area (Å²) in [6.07, 6.45) is 1.97. The van der Waals surface area contributed by atoms with Crippen molar-refractivity contribution in [2.24, 2.45) is 0 Å². The van der Waals surface area contributed by atoms with Crippen LogP contribution in [-0.2, 0) is 16.0 Å². The molecule has 0 radical (unpaired) electrons. The zero-order valence-corrected chi connectivity index (χ0v) is 17.9. The molecule has 2 amide bonds. The fourth-order valence-corrected chi connectivity index (χ4v) is 4.32. The van der Waals surface area contributed by atoms with Gasteiger partial charge in [0.15, 0.2) is 6.61 Å². The maximum absolute atomic E-state index is 12.6. The Morgan fingerprint density at radius 2 is 2.17 bits per heavy atom. The average molecular weight is 442 g/mol. The molecule has 0 unspecified atom stereocenters. The zero-order chi connectivity index (χ0) is 21.1. The largest absolute Gasteiger partial charge is 0.482 e. The van der Waals surface area contributed by atoms with Gasteiger partial charge in [0.2, 0.25) is 5.91 Å². The Labute approximate surface area is 183 Å². The molecule has 6 nitrogen and oxygen atoms in total. The number of fused-ring (bicyclic) bond motifs is 1. The Bertz CT molecular complexity index is 1100. The Balaban J connectivity index is 1.57. The number of amides is 2. The van der Waals surface area contributed by atoms with Crippen LogP contribution in [0.1, 0.15) is 18.4 Å². The summed E-state index contributed by atoms with van der Waals surface area (Å²) in [6, 6.07) is 12.5. The molecular formula is C22H20ClN3O3S. The van der Waals surface area contributed by atoms with Crippen LogP contribution in [0.25, 0.3) is 11.3 Å². The van der Waals surface area contributed by atoms with E-state index in [0.717, 1.165) is 29.1 Å². The number of carbonyl (C=O) groups excluding carboxylic acids is 2. The number of anilines is 2. The van der Waals surface area contributed by atoms with Crippen LogP contribution in [0.3, 0.4) is 0 Å². The molecule has 0 atom stereocenters. The predicted octanol–water partition coefficient (Wildman–Crippen LogP) is 4.78. The summed E-state index contributed by atoms with van der Waals surface area (Å²) in [6.45, 7) is 1.90. The third kappa shape index (κ3) is 4.47. The minimum absolute atomic E-state index is 0.103. The van der Waals surface area contributed by atoms with Gasteiger partial charge >= 0.3 is 0 Å². The third-order valence-corrected chi connectivity index (χ3v) is 5.77. The predicted molar refractivity (Wildman–Crippen MR) is 119 cm³/mol. The first-order valence-electron chi connectivity index (χ1n) is 9.61. The van der Waals surface area contributed by atoms with E-state index in [2.05, 4.69) is 17.2 Å². The molecule has 3 aromatic rings. The summed E-state index contributed by atoms with van der Waals surface area (Å²) < 4.78 is 5.56. The first-order valence-corrected chi connectivity index (χ1v) is 10.9. The molecule has 1 aliphatic heterocycles. The number of aromatic nitrogens is 1. The van der Waals surface area contributed by atoms with Crippen LogP contribution in [0.2, 0.25) is 5.02 Å². The Morgan fingerprint density at radius 3 is 2.97 bits per heavy atom. The summed E-state index contributed by atoms with van der Waals surface area (Å²) in [5.74, 6) is -0.0217. The molecule has 1 aliphatic rings. The SMILES string of the molecule is CCCc1nc(-c2ccc3c(c2)N(CC(=O)Nc2cccc(Cl)c2)C(=O)CO3)cs1. The highest BCUT2D eigenvalue weighted by atomic mass is 35.5. The van der Waals surface area contributed by atoms with E-state index < -0.39 is 0 Å². The smallest absolute Gasteiger partial charge is 0.265 e. The molecule has 154 valence electrons. The molecule has 0 fully saturated rings. The molecule has 1 N–H and O–H groups in total. The van der Waals surface area contributed by atoms with Crippen molar-refractivity contribution in [1.82, 2.24) is 4.98 Å². The number of halogens is 1. The number of hydrogen-bond acceptors (Lipinski definition) is 5. The lowest BCUT2D eigenvalue weighted by molar-refractivity contribution is -0.123. The van der Waals surface area contributed by atoms with Crippen molar-refractivity contribution in [2.75, 3.05) is 23.4 Å². The van der Waals surface area contributed by atoms with Gasteiger partial charge in [0.25, 0.3) is 5.91 Å². The van der Waals surface area contributed by atoms with Gasteiger partial charge in [-0.15, -0.1) is 11.3 Å². The highest BCUT2D eigenvalue weighted by molar-refractivity contribution is 7.09. The second kappa shape index (κ2) is 8.85. The Kier molecular flexibility index (Phi) is 6.01. The lowest BCUT2D eigenvalue weighted by Gasteiger charge is -2.29. The minimum atomic E-state index is -0.317. The van der Waals surface area contributed by atoms with Gasteiger partial charge in [-0.1, -0.05) is 24.6 Å². The van der Waals surface area contributed by atoms with E-state index in [1.807, 2.05) is 23.6 Å². The second-order valence-electron chi connectivity index (χ2n) is 6.89. The van der Waals surface area contributed by atoms with Crippen LogP contribution >= 0.6 is 22.9 Å². The molecule has 4 rings (SSSR count). The van der Waals surface area contributed by atoms with E-state index in [4.69, 9.17) is 16.3 Å². The van der Waals surface area contributed by atoms with Crippen molar-refractivity contribution < 1.29 is 14.3 Å². The molecule has 30 heavy (non-hydrogen) atoms. The first-order chi connectivity index (χ1) is 14.5. The Hall–Kier alpha value is -2.90. The van der Waals surface area contributed by atoms with Gasteiger partial charge in [0.1, 0.15) is 12.3 Å². The monoisotopic (exact) mass is 441 g/mol. The molecule has 1 aromatic heterocycles. The van der Waals surface area contributed by atoms with E-state index in [-0.39, 0.29) is 25.0 Å². The first kappa shape index (κ1) is 20.4. The number of rotatable bonds is 6. The number of hydrogen-bond donors (Lipinski definition) is 1.